The van der Waals surface area contributed by atoms with Gasteiger partial charge in [-0.1, -0.05) is 28.1 Å². The second-order valence-corrected chi connectivity index (χ2v) is 6.10. The Kier molecular flexibility index (Phi) is 3.74. The van der Waals surface area contributed by atoms with Gasteiger partial charge in [0.1, 0.15) is 11.6 Å². The molecule has 0 atom stereocenters. The lowest BCUT2D eigenvalue weighted by atomic mass is 9.76. The van der Waals surface area contributed by atoms with E-state index in [1.54, 1.807) is 0 Å². The van der Waals surface area contributed by atoms with Gasteiger partial charge in [-0.2, -0.15) is 0 Å². The molecule has 1 fully saturated rings. The third-order valence-corrected chi connectivity index (χ3v) is 4.24. The molecule has 1 nitrogen and oxygen atoms in total. The van der Waals surface area contributed by atoms with Crippen molar-refractivity contribution >= 4 is 21.6 Å². The summed E-state index contributed by atoms with van der Waals surface area (Å²) in [7, 11) is 0. The Hall–Kier alpha value is -1.42. The first-order valence-electron chi connectivity index (χ1n) is 6.59. The number of nitrogens with one attached hydrogen (secondary N) is 1. The molecule has 1 saturated carbocycles. The van der Waals surface area contributed by atoms with Gasteiger partial charge in [-0.05, 0) is 54.7 Å². The van der Waals surface area contributed by atoms with Gasteiger partial charge in [0.15, 0.2) is 0 Å². The van der Waals surface area contributed by atoms with Crippen molar-refractivity contribution < 1.29 is 8.78 Å². The first kappa shape index (κ1) is 13.6. The number of anilines is 1. The van der Waals surface area contributed by atoms with Crippen LogP contribution in [0.1, 0.15) is 24.3 Å². The van der Waals surface area contributed by atoms with Crippen molar-refractivity contribution in [3.63, 3.8) is 0 Å². The van der Waals surface area contributed by atoms with Crippen molar-refractivity contribution in [2.75, 3.05) is 5.32 Å². The van der Waals surface area contributed by atoms with E-state index in [0.29, 0.717) is 5.92 Å². The fourth-order valence-electron chi connectivity index (χ4n) is 2.60. The highest BCUT2D eigenvalue weighted by molar-refractivity contribution is 9.10. The average Bonchev–Trinajstić information content (AvgIpc) is 2.37. The average molecular weight is 338 g/mol. The molecular formula is C16H14BrF2N. The van der Waals surface area contributed by atoms with Crippen molar-refractivity contribution in [2.24, 2.45) is 0 Å². The summed E-state index contributed by atoms with van der Waals surface area (Å²) in [5.74, 6) is -0.337. The molecule has 2 aromatic rings. The maximum Gasteiger partial charge on any atom is 0.146 e. The van der Waals surface area contributed by atoms with E-state index in [-0.39, 0.29) is 11.7 Å². The van der Waals surface area contributed by atoms with Crippen molar-refractivity contribution in [1.29, 1.82) is 0 Å². The minimum atomic E-state index is -0.420. The van der Waals surface area contributed by atoms with Gasteiger partial charge in [-0.15, -0.1) is 0 Å². The Labute approximate surface area is 125 Å². The number of hydrogen-bond acceptors (Lipinski definition) is 1. The summed E-state index contributed by atoms with van der Waals surface area (Å²) >= 11 is 3.46. The molecule has 3 rings (SSSR count). The van der Waals surface area contributed by atoms with Crippen LogP contribution < -0.4 is 5.32 Å². The van der Waals surface area contributed by atoms with Crippen LogP contribution in [0.15, 0.2) is 46.9 Å². The van der Waals surface area contributed by atoms with E-state index in [1.807, 2.05) is 12.1 Å². The summed E-state index contributed by atoms with van der Waals surface area (Å²) in [5, 5.41) is 3.08. The van der Waals surface area contributed by atoms with Gasteiger partial charge < -0.3 is 5.32 Å². The van der Waals surface area contributed by atoms with Crippen LogP contribution >= 0.6 is 15.9 Å². The second kappa shape index (κ2) is 5.52. The SMILES string of the molecule is Fc1ccc(F)c(NC2CC(c3cccc(Br)c3)C2)c1. The molecule has 0 heterocycles. The highest BCUT2D eigenvalue weighted by atomic mass is 79.9. The molecule has 0 amide bonds. The van der Waals surface area contributed by atoms with Crippen LogP contribution in [0.5, 0.6) is 0 Å². The molecular weight excluding hydrogens is 324 g/mol. The number of halogens is 3. The van der Waals surface area contributed by atoms with E-state index in [4.69, 9.17) is 0 Å². The highest BCUT2D eigenvalue weighted by Gasteiger charge is 2.30. The minimum absolute atomic E-state index is 0.204. The zero-order valence-electron chi connectivity index (χ0n) is 10.7. The first-order valence-corrected chi connectivity index (χ1v) is 7.38. The maximum absolute atomic E-state index is 13.5. The van der Waals surface area contributed by atoms with E-state index in [9.17, 15) is 8.78 Å². The molecule has 0 spiro atoms. The fraction of sp³-hybridized carbons (Fsp3) is 0.250. The van der Waals surface area contributed by atoms with Gasteiger partial charge in [-0.25, -0.2) is 8.78 Å². The molecule has 0 unspecified atom stereocenters. The quantitative estimate of drug-likeness (QED) is 0.822. The van der Waals surface area contributed by atoms with Crippen molar-refractivity contribution in [2.45, 2.75) is 24.8 Å². The van der Waals surface area contributed by atoms with E-state index >= 15 is 0 Å². The van der Waals surface area contributed by atoms with E-state index in [1.165, 1.54) is 11.6 Å². The van der Waals surface area contributed by atoms with Gasteiger partial charge in [0.05, 0.1) is 5.69 Å². The predicted octanol–water partition coefficient (Wildman–Crippen LogP) is 5.09. The minimum Gasteiger partial charge on any atom is -0.380 e. The molecule has 0 aliphatic heterocycles. The first-order chi connectivity index (χ1) is 9.61. The van der Waals surface area contributed by atoms with Crippen LogP contribution in [0.2, 0.25) is 0 Å². The van der Waals surface area contributed by atoms with Gasteiger partial charge in [0, 0.05) is 10.5 Å². The van der Waals surface area contributed by atoms with Crippen molar-refractivity contribution in [3.05, 3.63) is 64.1 Å². The van der Waals surface area contributed by atoms with Gasteiger partial charge in [-0.3, -0.25) is 0 Å². The molecule has 4 heteroatoms. The maximum atomic E-state index is 13.5. The third-order valence-electron chi connectivity index (χ3n) is 3.75. The van der Waals surface area contributed by atoms with Crippen LogP contribution in [0, 0.1) is 11.6 Å². The topological polar surface area (TPSA) is 12.0 Å². The number of benzene rings is 2. The molecule has 104 valence electrons. The van der Waals surface area contributed by atoms with E-state index in [0.717, 1.165) is 29.4 Å². The fourth-order valence-corrected chi connectivity index (χ4v) is 3.01. The van der Waals surface area contributed by atoms with Crippen LogP contribution in [0.3, 0.4) is 0 Å². The molecule has 0 bridgehead atoms. The normalized spacial score (nSPS) is 21.4. The smallest absolute Gasteiger partial charge is 0.146 e. The number of hydrogen-bond donors (Lipinski definition) is 1. The summed E-state index contributed by atoms with van der Waals surface area (Å²) in [6.07, 6.45) is 1.87. The standard InChI is InChI=1S/C16H14BrF2N/c17-12-3-1-2-10(6-12)11-7-14(8-11)20-16-9-13(18)4-5-15(16)19/h1-6,9,11,14,20H,7-8H2. The second-order valence-electron chi connectivity index (χ2n) is 5.19. The van der Waals surface area contributed by atoms with Gasteiger partial charge >= 0.3 is 0 Å². The lowest BCUT2D eigenvalue weighted by molar-refractivity contribution is 0.372. The Bertz CT molecular complexity index is 624. The van der Waals surface area contributed by atoms with E-state index < -0.39 is 11.6 Å². The van der Waals surface area contributed by atoms with Crippen LogP contribution in [-0.2, 0) is 0 Å². The zero-order valence-corrected chi connectivity index (χ0v) is 12.3. The van der Waals surface area contributed by atoms with Gasteiger partial charge in [0.25, 0.3) is 0 Å². The lowest BCUT2D eigenvalue weighted by Crippen LogP contribution is -2.34. The summed E-state index contributed by atoms with van der Waals surface area (Å²) < 4.78 is 27.7. The summed E-state index contributed by atoms with van der Waals surface area (Å²) in [4.78, 5) is 0. The molecule has 2 aromatic carbocycles. The third kappa shape index (κ3) is 2.85. The number of rotatable bonds is 3. The van der Waals surface area contributed by atoms with Crippen LogP contribution in [0.4, 0.5) is 14.5 Å². The van der Waals surface area contributed by atoms with Crippen molar-refractivity contribution in [3.8, 4) is 0 Å². The Morgan fingerprint density at radius 3 is 2.60 bits per heavy atom. The molecule has 20 heavy (non-hydrogen) atoms. The summed E-state index contributed by atoms with van der Waals surface area (Å²) in [6.45, 7) is 0. The molecule has 1 aliphatic rings. The highest BCUT2D eigenvalue weighted by Crippen LogP contribution is 2.39. The Balaban J connectivity index is 1.62. The molecule has 1 aliphatic carbocycles. The van der Waals surface area contributed by atoms with Crippen LogP contribution in [0.25, 0.3) is 0 Å². The van der Waals surface area contributed by atoms with Gasteiger partial charge in [0.2, 0.25) is 0 Å². The Morgan fingerprint density at radius 2 is 1.85 bits per heavy atom. The van der Waals surface area contributed by atoms with E-state index in [2.05, 4.69) is 33.4 Å². The molecule has 1 N–H and O–H groups in total. The molecule has 0 aromatic heterocycles. The monoisotopic (exact) mass is 337 g/mol. The van der Waals surface area contributed by atoms with Crippen molar-refractivity contribution in [1.82, 2.24) is 0 Å². The predicted molar refractivity (Wildman–Crippen MR) is 79.9 cm³/mol. The zero-order chi connectivity index (χ0) is 14.1. The lowest BCUT2D eigenvalue weighted by Gasteiger charge is -2.37. The van der Waals surface area contributed by atoms with Crippen LogP contribution in [-0.4, -0.2) is 6.04 Å². The summed E-state index contributed by atoms with van der Waals surface area (Å²) in [6, 6.07) is 11.9. The molecule has 0 radical (unpaired) electrons. The Morgan fingerprint density at radius 1 is 1.05 bits per heavy atom. The largest absolute Gasteiger partial charge is 0.380 e. The molecule has 0 saturated heterocycles. The summed E-state index contributed by atoms with van der Waals surface area (Å²) in [5.41, 5.74) is 1.54.